The number of rotatable bonds is 8. The van der Waals surface area contributed by atoms with Crippen molar-refractivity contribution in [1.82, 2.24) is 9.88 Å². The van der Waals surface area contributed by atoms with Gasteiger partial charge in [0.2, 0.25) is 5.91 Å². The number of nitrogens with one attached hydrogen (secondary N) is 1. The van der Waals surface area contributed by atoms with Gasteiger partial charge in [0.25, 0.3) is 0 Å². The number of aromatic amines is 1. The summed E-state index contributed by atoms with van der Waals surface area (Å²) in [7, 11) is 0. The molecule has 0 unspecified atom stereocenters. The Bertz CT molecular complexity index is 565. The van der Waals surface area contributed by atoms with E-state index in [0.29, 0.717) is 6.42 Å². The topological polar surface area (TPSA) is 36.1 Å². The minimum Gasteiger partial charge on any atom is -0.361 e. The Hall–Kier alpha value is -1.77. The summed E-state index contributed by atoms with van der Waals surface area (Å²) in [6.45, 7) is 6.11. The summed E-state index contributed by atoms with van der Waals surface area (Å²) in [6.07, 6.45) is 6.87. The minimum absolute atomic E-state index is 0.253. The predicted molar refractivity (Wildman–Crippen MR) is 88.4 cm³/mol. The number of H-pyrrole nitrogens is 1. The number of carbonyl (C=O) groups is 1. The van der Waals surface area contributed by atoms with Crippen LogP contribution in [0.4, 0.5) is 0 Å². The zero-order valence-corrected chi connectivity index (χ0v) is 13.2. The van der Waals surface area contributed by atoms with Gasteiger partial charge in [0.05, 0.1) is 6.42 Å². The van der Waals surface area contributed by atoms with Gasteiger partial charge in [-0.05, 0) is 35.9 Å². The molecule has 0 aliphatic rings. The Kier molecular flexibility index (Phi) is 5.85. The van der Waals surface area contributed by atoms with Crippen molar-refractivity contribution in [2.45, 2.75) is 46.0 Å². The van der Waals surface area contributed by atoms with E-state index in [2.05, 4.69) is 43.1 Å². The molecule has 0 bridgehead atoms. The minimum atomic E-state index is 0.253. The molecular formula is C18H26N2O. The first-order chi connectivity index (χ1) is 10.2. The predicted octanol–water partition coefficient (Wildman–Crippen LogP) is 4.14. The van der Waals surface area contributed by atoms with Crippen molar-refractivity contribution in [3.05, 3.63) is 36.0 Å². The van der Waals surface area contributed by atoms with Gasteiger partial charge in [-0.3, -0.25) is 4.79 Å². The average molecular weight is 286 g/mol. The summed E-state index contributed by atoms with van der Waals surface area (Å²) < 4.78 is 0. The van der Waals surface area contributed by atoms with Gasteiger partial charge in [0.15, 0.2) is 0 Å². The van der Waals surface area contributed by atoms with Gasteiger partial charge in [-0.25, -0.2) is 0 Å². The standard InChI is InChI=1S/C18H26N2O/c1-3-5-11-20(12-6-4-2)18(21)14-15-7-8-16-9-10-19-17(16)13-15/h7-10,13,19H,3-6,11-12,14H2,1-2H3. The Morgan fingerprint density at radius 1 is 1.10 bits per heavy atom. The molecule has 3 nitrogen and oxygen atoms in total. The molecule has 114 valence electrons. The van der Waals surface area contributed by atoms with Crippen LogP contribution in [0.15, 0.2) is 30.5 Å². The van der Waals surface area contributed by atoms with Crippen LogP contribution in [0.2, 0.25) is 0 Å². The van der Waals surface area contributed by atoms with E-state index in [1.165, 1.54) is 5.39 Å². The van der Waals surface area contributed by atoms with E-state index in [1.807, 2.05) is 11.1 Å². The highest BCUT2D eigenvalue weighted by molar-refractivity contribution is 5.83. The Balaban J connectivity index is 2.01. The fraction of sp³-hybridized carbons (Fsp3) is 0.500. The van der Waals surface area contributed by atoms with Crippen molar-refractivity contribution in [3.63, 3.8) is 0 Å². The highest BCUT2D eigenvalue weighted by Crippen LogP contribution is 2.15. The second kappa shape index (κ2) is 7.87. The number of amides is 1. The van der Waals surface area contributed by atoms with E-state index < -0.39 is 0 Å². The number of nitrogens with zero attached hydrogens (tertiary/aromatic N) is 1. The number of benzene rings is 1. The molecule has 0 aliphatic heterocycles. The van der Waals surface area contributed by atoms with Gasteiger partial charge in [-0.1, -0.05) is 38.8 Å². The van der Waals surface area contributed by atoms with Gasteiger partial charge in [0.1, 0.15) is 0 Å². The second-order valence-corrected chi connectivity index (χ2v) is 5.66. The van der Waals surface area contributed by atoms with Crippen LogP contribution >= 0.6 is 0 Å². The lowest BCUT2D eigenvalue weighted by atomic mass is 10.1. The van der Waals surface area contributed by atoms with Crippen LogP contribution in [0.1, 0.15) is 45.1 Å². The first-order valence-electron chi connectivity index (χ1n) is 8.08. The first-order valence-corrected chi connectivity index (χ1v) is 8.08. The largest absolute Gasteiger partial charge is 0.361 e. The van der Waals surface area contributed by atoms with Crippen LogP contribution in [0.3, 0.4) is 0 Å². The third kappa shape index (κ3) is 4.35. The van der Waals surface area contributed by atoms with Gasteiger partial charge in [0, 0.05) is 24.8 Å². The van der Waals surface area contributed by atoms with Crippen LogP contribution in [-0.2, 0) is 11.2 Å². The molecule has 0 saturated heterocycles. The van der Waals surface area contributed by atoms with E-state index in [4.69, 9.17) is 0 Å². The second-order valence-electron chi connectivity index (χ2n) is 5.66. The molecule has 21 heavy (non-hydrogen) atoms. The van der Waals surface area contributed by atoms with Crippen LogP contribution in [-0.4, -0.2) is 28.9 Å². The Labute approximate surface area is 127 Å². The SMILES string of the molecule is CCCCN(CCCC)C(=O)Cc1ccc2cc[nH]c2c1. The van der Waals surface area contributed by atoms with Crippen LogP contribution in [0.25, 0.3) is 10.9 Å². The molecule has 1 aromatic heterocycles. The summed E-state index contributed by atoms with van der Waals surface area (Å²) in [5, 5.41) is 1.19. The smallest absolute Gasteiger partial charge is 0.226 e. The lowest BCUT2D eigenvalue weighted by Crippen LogP contribution is -2.34. The summed E-state index contributed by atoms with van der Waals surface area (Å²) >= 11 is 0. The normalized spacial score (nSPS) is 11.0. The van der Waals surface area contributed by atoms with E-state index in [9.17, 15) is 4.79 Å². The van der Waals surface area contributed by atoms with Crippen LogP contribution in [0.5, 0.6) is 0 Å². The Morgan fingerprint density at radius 2 is 1.81 bits per heavy atom. The molecule has 0 atom stereocenters. The third-order valence-electron chi connectivity index (χ3n) is 3.89. The monoisotopic (exact) mass is 286 g/mol. The van der Waals surface area contributed by atoms with E-state index in [0.717, 1.165) is 49.9 Å². The van der Waals surface area contributed by atoms with Crippen molar-refractivity contribution in [2.24, 2.45) is 0 Å². The van der Waals surface area contributed by atoms with Crippen molar-refractivity contribution in [2.75, 3.05) is 13.1 Å². The number of carbonyl (C=O) groups excluding carboxylic acids is 1. The number of hydrogen-bond acceptors (Lipinski definition) is 1. The number of fused-ring (bicyclic) bond motifs is 1. The molecule has 0 fully saturated rings. The Morgan fingerprint density at radius 3 is 2.48 bits per heavy atom. The van der Waals surface area contributed by atoms with Crippen LogP contribution < -0.4 is 0 Å². The molecule has 2 rings (SSSR count). The molecule has 1 heterocycles. The summed E-state index contributed by atoms with van der Waals surface area (Å²) in [5.74, 6) is 0.253. The zero-order valence-electron chi connectivity index (χ0n) is 13.2. The molecule has 1 N–H and O–H groups in total. The quantitative estimate of drug-likeness (QED) is 0.778. The molecule has 3 heteroatoms. The van der Waals surface area contributed by atoms with Gasteiger partial charge in [-0.15, -0.1) is 0 Å². The summed E-state index contributed by atoms with van der Waals surface area (Å²) in [6, 6.07) is 8.28. The molecule has 1 aromatic carbocycles. The number of hydrogen-bond donors (Lipinski definition) is 1. The van der Waals surface area contributed by atoms with E-state index >= 15 is 0 Å². The number of aromatic nitrogens is 1. The van der Waals surface area contributed by atoms with Gasteiger partial charge < -0.3 is 9.88 Å². The van der Waals surface area contributed by atoms with Crippen molar-refractivity contribution in [1.29, 1.82) is 0 Å². The third-order valence-corrected chi connectivity index (χ3v) is 3.89. The van der Waals surface area contributed by atoms with E-state index in [1.54, 1.807) is 0 Å². The van der Waals surface area contributed by atoms with Crippen molar-refractivity contribution < 1.29 is 4.79 Å². The molecule has 0 saturated carbocycles. The maximum Gasteiger partial charge on any atom is 0.226 e. The molecule has 1 amide bonds. The molecular weight excluding hydrogens is 260 g/mol. The lowest BCUT2D eigenvalue weighted by Gasteiger charge is -2.22. The molecule has 0 aliphatic carbocycles. The summed E-state index contributed by atoms with van der Waals surface area (Å²) in [4.78, 5) is 17.8. The number of unbranched alkanes of at least 4 members (excludes halogenated alkanes) is 2. The molecule has 2 aromatic rings. The first kappa shape index (κ1) is 15.6. The average Bonchev–Trinajstić information content (AvgIpc) is 2.95. The van der Waals surface area contributed by atoms with Crippen molar-refractivity contribution >= 4 is 16.8 Å². The summed E-state index contributed by atoms with van der Waals surface area (Å²) in [5.41, 5.74) is 2.20. The fourth-order valence-electron chi connectivity index (χ4n) is 2.55. The highest BCUT2D eigenvalue weighted by Gasteiger charge is 2.13. The molecule has 0 radical (unpaired) electrons. The van der Waals surface area contributed by atoms with Gasteiger partial charge >= 0.3 is 0 Å². The van der Waals surface area contributed by atoms with E-state index in [-0.39, 0.29) is 5.91 Å². The highest BCUT2D eigenvalue weighted by atomic mass is 16.2. The lowest BCUT2D eigenvalue weighted by molar-refractivity contribution is -0.130. The zero-order chi connectivity index (χ0) is 15.1. The van der Waals surface area contributed by atoms with Crippen molar-refractivity contribution in [3.8, 4) is 0 Å². The van der Waals surface area contributed by atoms with Gasteiger partial charge in [-0.2, -0.15) is 0 Å². The van der Waals surface area contributed by atoms with Crippen LogP contribution in [0, 0.1) is 0 Å². The fourth-order valence-corrected chi connectivity index (χ4v) is 2.55. The molecule has 0 spiro atoms. The maximum absolute atomic E-state index is 12.5. The maximum atomic E-state index is 12.5.